The third kappa shape index (κ3) is 5.97. The van der Waals surface area contributed by atoms with Crippen LogP contribution in [0.3, 0.4) is 0 Å². The number of fused-ring (bicyclic) bond motifs is 7. The number of hydrogen-bond donors (Lipinski definition) is 0. The zero-order chi connectivity index (χ0) is 29.9. The molecule has 1 aliphatic heterocycles. The van der Waals surface area contributed by atoms with Gasteiger partial charge in [-0.25, -0.2) is 0 Å². The fourth-order valence-corrected chi connectivity index (χ4v) is 10.8. The maximum Gasteiger partial charge on any atom is 0.160 e. The van der Waals surface area contributed by atoms with E-state index < -0.39 is 0 Å². The lowest BCUT2D eigenvalue weighted by atomic mass is 9.82. The Morgan fingerprint density at radius 1 is 0.773 bits per heavy atom. The molecule has 2 bridgehead atoms. The second-order valence-corrected chi connectivity index (χ2v) is 15.7. The summed E-state index contributed by atoms with van der Waals surface area (Å²) in [4.78, 5) is 18.9. The summed E-state index contributed by atoms with van der Waals surface area (Å²) in [5.41, 5.74) is 7.12. The lowest BCUT2D eigenvalue weighted by molar-refractivity contribution is 0.112. The Morgan fingerprint density at radius 3 is 2.25 bits per heavy atom. The van der Waals surface area contributed by atoms with E-state index in [-0.39, 0.29) is 0 Å². The summed E-state index contributed by atoms with van der Waals surface area (Å²) in [6, 6.07) is 25.8. The molecule has 0 spiro atoms. The van der Waals surface area contributed by atoms with Gasteiger partial charge in [0.05, 0.1) is 4.88 Å². The number of aldehydes is 1. The molecule has 2 aliphatic carbocycles. The van der Waals surface area contributed by atoms with E-state index in [9.17, 15) is 4.79 Å². The first-order valence-corrected chi connectivity index (χ1v) is 19.0. The maximum atomic E-state index is 11.5. The normalized spacial score (nSPS) is 21.6. The molecule has 3 aliphatic rings. The van der Waals surface area contributed by atoms with Crippen LogP contribution < -0.4 is 4.90 Å². The molecular formula is C40H47NOS2. The van der Waals surface area contributed by atoms with Crippen molar-refractivity contribution < 1.29 is 4.79 Å². The fourth-order valence-electron chi connectivity index (χ4n) is 8.62. The van der Waals surface area contributed by atoms with Crippen LogP contribution in [0.2, 0.25) is 0 Å². The van der Waals surface area contributed by atoms with Crippen LogP contribution in [0.25, 0.3) is 20.2 Å². The van der Waals surface area contributed by atoms with Gasteiger partial charge in [-0.05, 0) is 97.0 Å². The third-order valence-corrected chi connectivity index (χ3v) is 13.1. The molecule has 0 saturated heterocycles. The molecule has 4 aromatic rings. The van der Waals surface area contributed by atoms with Crippen LogP contribution in [0.15, 0.2) is 66.7 Å². The van der Waals surface area contributed by atoms with E-state index in [1.807, 2.05) is 17.4 Å². The van der Waals surface area contributed by atoms with Gasteiger partial charge in [-0.15, -0.1) is 22.7 Å². The summed E-state index contributed by atoms with van der Waals surface area (Å²) in [7, 11) is 0. The molecule has 4 heteroatoms. The van der Waals surface area contributed by atoms with Gasteiger partial charge in [0, 0.05) is 38.0 Å². The predicted octanol–water partition coefficient (Wildman–Crippen LogP) is 12.5. The minimum atomic E-state index is 0.629. The van der Waals surface area contributed by atoms with Gasteiger partial charge in [0.25, 0.3) is 0 Å². The number of anilines is 2. The molecule has 3 heterocycles. The third-order valence-electron chi connectivity index (χ3n) is 10.7. The van der Waals surface area contributed by atoms with Crippen LogP contribution in [0.1, 0.15) is 117 Å². The van der Waals surface area contributed by atoms with E-state index in [1.165, 1.54) is 121 Å². The molecule has 0 amide bonds. The molecule has 0 radical (unpaired) electrons. The second-order valence-electron chi connectivity index (χ2n) is 13.5. The molecule has 4 unspecified atom stereocenters. The molecule has 44 heavy (non-hydrogen) atoms. The molecule has 7 rings (SSSR count). The largest absolute Gasteiger partial charge is 0.337 e. The van der Waals surface area contributed by atoms with Crippen LogP contribution in [0, 0.1) is 11.8 Å². The average molecular weight is 622 g/mol. The first-order valence-electron chi connectivity index (χ1n) is 17.4. The van der Waals surface area contributed by atoms with Crippen molar-refractivity contribution in [3.05, 3.63) is 82.7 Å². The van der Waals surface area contributed by atoms with E-state index in [0.717, 1.165) is 29.4 Å². The van der Waals surface area contributed by atoms with Crippen molar-refractivity contribution in [1.82, 2.24) is 0 Å². The Bertz CT molecular complexity index is 1550. The first kappa shape index (κ1) is 30.0. The number of rotatable bonds is 15. The highest BCUT2D eigenvalue weighted by atomic mass is 32.1. The molecule has 2 saturated carbocycles. The number of carbonyl (C=O) groups excluding carboxylic acids is 1. The zero-order valence-corrected chi connectivity index (χ0v) is 27.9. The topological polar surface area (TPSA) is 20.3 Å². The van der Waals surface area contributed by atoms with E-state index in [1.54, 1.807) is 16.9 Å². The van der Waals surface area contributed by atoms with Crippen LogP contribution in [0.4, 0.5) is 11.4 Å². The summed E-state index contributed by atoms with van der Waals surface area (Å²) in [6.07, 6.45) is 19.9. The first-order chi connectivity index (χ1) is 21.7. The lowest BCUT2D eigenvalue weighted by Gasteiger charge is -2.33. The van der Waals surface area contributed by atoms with Crippen molar-refractivity contribution in [2.75, 3.05) is 4.90 Å². The van der Waals surface area contributed by atoms with Gasteiger partial charge in [0.15, 0.2) is 6.29 Å². The quantitative estimate of drug-likeness (QED) is 0.0972. The molecule has 230 valence electrons. The molecule has 2 aromatic carbocycles. The number of carbonyl (C=O) groups is 1. The number of nitrogens with zero attached hydrogens (tertiary/aromatic N) is 1. The van der Waals surface area contributed by atoms with Crippen molar-refractivity contribution >= 4 is 40.3 Å². The Balaban J connectivity index is 1.06. The number of thiophene rings is 2. The van der Waals surface area contributed by atoms with Crippen LogP contribution in [-0.4, -0.2) is 12.3 Å². The molecule has 2 aromatic heterocycles. The van der Waals surface area contributed by atoms with Gasteiger partial charge in [-0.1, -0.05) is 95.0 Å². The summed E-state index contributed by atoms with van der Waals surface area (Å²) in [6.45, 7) is 2.29. The summed E-state index contributed by atoms with van der Waals surface area (Å²) in [5.74, 6) is 2.40. The Kier molecular flexibility index (Phi) is 9.37. The minimum Gasteiger partial charge on any atom is -0.337 e. The standard InChI is InChI=1S/C40H47NOS2/c1-2-3-4-5-6-7-8-9-10-11-14-31-26-37(44-40(31)36-24-23-33(27-42)43-36)28-19-21-32(22-20-28)41-35-16-13-12-15-34(35)38-29-17-18-30(25-29)39(38)41/h12-13,15-16,19-24,26-27,29-30,38-39H,2-11,14,17-18,25H2,1H3. The molecule has 2 fully saturated rings. The molecule has 2 nitrogen and oxygen atoms in total. The number of para-hydroxylation sites is 1. The van der Waals surface area contributed by atoms with Gasteiger partial charge < -0.3 is 4.90 Å². The van der Waals surface area contributed by atoms with Crippen molar-refractivity contribution in [3.8, 4) is 20.2 Å². The fraction of sp³-hybridized carbons (Fsp3) is 0.475. The lowest BCUT2D eigenvalue weighted by Crippen LogP contribution is -2.35. The molecule has 4 atom stereocenters. The number of aryl methyl sites for hydroxylation is 1. The van der Waals surface area contributed by atoms with Crippen molar-refractivity contribution in [3.63, 3.8) is 0 Å². The van der Waals surface area contributed by atoms with Crippen molar-refractivity contribution in [1.29, 1.82) is 0 Å². The second kappa shape index (κ2) is 13.7. The van der Waals surface area contributed by atoms with E-state index in [0.29, 0.717) is 12.0 Å². The Labute approximate surface area is 272 Å². The van der Waals surface area contributed by atoms with Gasteiger partial charge in [0.2, 0.25) is 0 Å². The molecular weight excluding hydrogens is 575 g/mol. The average Bonchev–Trinajstić information content (AvgIpc) is 3.89. The summed E-state index contributed by atoms with van der Waals surface area (Å²) in [5, 5.41) is 0. The number of hydrogen-bond acceptors (Lipinski definition) is 4. The highest BCUT2D eigenvalue weighted by Crippen LogP contribution is 2.62. The van der Waals surface area contributed by atoms with E-state index >= 15 is 0 Å². The van der Waals surface area contributed by atoms with Crippen LogP contribution in [0.5, 0.6) is 0 Å². The predicted molar refractivity (Wildman–Crippen MR) is 190 cm³/mol. The molecule has 0 N–H and O–H groups in total. The smallest absolute Gasteiger partial charge is 0.160 e. The minimum absolute atomic E-state index is 0.629. The van der Waals surface area contributed by atoms with E-state index in [4.69, 9.17) is 0 Å². The zero-order valence-electron chi connectivity index (χ0n) is 26.3. The summed E-state index contributed by atoms with van der Waals surface area (Å²) < 4.78 is 0. The monoisotopic (exact) mass is 621 g/mol. The number of unbranched alkanes of at least 4 members (excludes halogenated alkanes) is 9. The SMILES string of the molecule is CCCCCCCCCCCCc1cc(-c2ccc(N3c4ccccc4C4C5CCC(C5)C43)cc2)sc1-c1ccc(C=O)s1. The van der Waals surface area contributed by atoms with Gasteiger partial charge in [-0.2, -0.15) is 0 Å². The van der Waals surface area contributed by atoms with Crippen molar-refractivity contribution in [2.24, 2.45) is 11.8 Å². The van der Waals surface area contributed by atoms with Crippen LogP contribution in [-0.2, 0) is 6.42 Å². The highest BCUT2D eigenvalue weighted by Gasteiger charge is 2.55. The maximum absolute atomic E-state index is 11.5. The van der Waals surface area contributed by atoms with Crippen LogP contribution >= 0.6 is 22.7 Å². The van der Waals surface area contributed by atoms with Gasteiger partial charge >= 0.3 is 0 Å². The number of benzene rings is 2. The van der Waals surface area contributed by atoms with Gasteiger partial charge in [-0.3, -0.25) is 4.79 Å². The van der Waals surface area contributed by atoms with Crippen molar-refractivity contribution in [2.45, 2.75) is 109 Å². The Hall–Kier alpha value is -2.69. The van der Waals surface area contributed by atoms with E-state index in [2.05, 4.69) is 72.5 Å². The highest BCUT2D eigenvalue weighted by molar-refractivity contribution is 7.24. The Morgan fingerprint density at radius 2 is 1.50 bits per heavy atom. The summed E-state index contributed by atoms with van der Waals surface area (Å²) >= 11 is 3.53. The van der Waals surface area contributed by atoms with Gasteiger partial charge in [0.1, 0.15) is 0 Å².